The summed E-state index contributed by atoms with van der Waals surface area (Å²) in [7, 11) is 0. The van der Waals surface area contributed by atoms with Crippen molar-refractivity contribution >= 4 is 34.2 Å². The van der Waals surface area contributed by atoms with Gasteiger partial charge in [-0.05, 0) is 12.1 Å². The third-order valence-corrected chi connectivity index (χ3v) is 3.15. The Hall–Kier alpha value is -2.40. The second-order valence-corrected chi connectivity index (χ2v) is 4.23. The van der Waals surface area contributed by atoms with Crippen molar-refractivity contribution in [2.45, 2.75) is 0 Å². The number of non-ortho nitro benzene ring substituents is 1. The summed E-state index contributed by atoms with van der Waals surface area (Å²) in [4.78, 5) is 26.5. The largest absolute Gasteiger partial charge is 0.273 e. The average molecular weight is 262 g/mol. The minimum absolute atomic E-state index is 0.0585. The SMILES string of the molecule is N#CN=C1SCC(=O)N1c1ccc([N+](=O)[O-])cc1. The highest BCUT2D eigenvalue weighted by atomic mass is 32.2. The van der Waals surface area contributed by atoms with Crippen LogP contribution in [0.25, 0.3) is 0 Å². The van der Waals surface area contributed by atoms with Crippen molar-refractivity contribution in [3.8, 4) is 6.19 Å². The molecule has 1 saturated heterocycles. The van der Waals surface area contributed by atoms with Gasteiger partial charge < -0.3 is 0 Å². The van der Waals surface area contributed by atoms with Gasteiger partial charge in [0.1, 0.15) is 0 Å². The lowest BCUT2D eigenvalue weighted by atomic mass is 10.2. The van der Waals surface area contributed by atoms with Gasteiger partial charge in [0, 0.05) is 12.1 Å². The highest BCUT2D eigenvalue weighted by Crippen LogP contribution is 2.27. The lowest BCUT2D eigenvalue weighted by Gasteiger charge is -2.14. The second kappa shape index (κ2) is 4.85. The van der Waals surface area contributed by atoms with Gasteiger partial charge in [0.15, 0.2) is 5.17 Å². The van der Waals surface area contributed by atoms with E-state index < -0.39 is 4.92 Å². The molecule has 0 N–H and O–H groups in total. The van der Waals surface area contributed by atoms with Crippen molar-refractivity contribution in [2.24, 2.45) is 4.99 Å². The number of benzene rings is 1. The minimum Gasteiger partial charge on any atom is -0.273 e. The van der Waals surface area contributed by atoms with Gasteiger partial charge in [0.2, 0.25) is 12.1 Å². The molecule has 8 heteroatoms. The maximum atomic E-state index is 11.7. The summed E-state index contributed by atoms with van der Waals surface area (Å²) in [6, 6.07) is 5.51. The van der Waals surface area contributed by atoms with Crippen LogP contribution >= 0.6 is 11.8 Å². The van der Waals surface area contributed by atoms with Crippen LogP contribution in [-0.2, 0) is 4.79 Å². The van der Waals surface area contributed by atoms with Crippen LogP contribution in [0.5, 0.6) is 0 Å². The van der Waals surface area contributed by atoms with E-state index in [0.717, 1.165) is 11.8 Å². The maximum Gasteiger partial charge on any atom is 0.269 e. The molecule has 0 spiro atoms. The smallest absolute Gasteiger partial charge is 0.269 e. The molecule has 1 aromatic carbocycles. The van der Waals surface area contributed by atoms with Crippen molar-refractivity contribution < 1.29 is 9.72 Å². The van der Waals surface area contributed by atoms with Crippen LogP contribution in [0.1, 0.15) is 0 Å². The van der Waals surface area contributed by atoms with Crippen molar-refractivity contribution in [3.05, 3.63) is 34.4 Å². The van der Waals surface area contributed by atoms with Gasteiger partial charge in [-0.2, -0.15) is 5.26 Å². The van der Waals surface area contributed by atoms with Gasteiger partial charge >= 0.3 is 0 Å². The first kappa shape index (κ1) is 12.1. The molecule has 0 aliphatic carbocycles. The fourth-order valence-corrected chi connectivity index (χ4v) is 2.29. The quantitative estimate of drug-likeness (QED) is 0.457. The maximum absolute atomic E-state index is 11.7. The Balaban J connectivity index is 2.35. The van der Waals surface area contributed by atoms with Crippen LogP contribution in [0.3, 0.4) is 0 Å². The van der Waals surface area contributed by atoms with Gasteiger partial charge in [-0.3, -0.25) is 19.8 Å². The fraction of sp³-hybridized carbons (Fsp3) is 0.100. The van der Waals surface area contributed by atoms with E-state index in [1.165, 1.54) is 29.2 Å². The van der Waals surface area contributed by atoms with Crippen molar-refractivity contribution in [2.75, 3.05) is 10.7 Å². The van der Waals surface area contributed by atoms with E-state index in [9.17, 15) is 14.9 Å². The molecule has 1 aliphatic rings. The molecular formula is C10H6N4O3S. The lowest BCUT2D eigenvalue weighted by Crippen LogP contribution is -2.28. The lowest BCUT2D eigenvalue weighted by molar-refractivity contribution is -0.384. The van der Waals surface area contributed by atoms with E-state index >= 15 is 0 Å². The van der Waals surface area contributed by atoms with Crippen LogP contribution in [0.4, 0.5) is 11.4 Å². The molecule has 0 radical (unpaired) electrons. The van der Waals surface area contributed by atoms with Crippen LogP contribution in [-0.4, -0.2) is 21.8 Å². The highest BCUT2D eigenvalue weighted by molar-refractivity contribution is 8.15. The Labute approximate surface area is 106 Å². The topological polar surface area (TPSA) is 99.6 Å². The summed E-state index contributed by atoms with van der Waals surface area (Å²) in [6.45, 7) is 0. The predicted octanol–water partition coefficient (Wildman–Crippen LogP) is 1.51. The van der Waals surface area contributed by atoms with Crippen LogP contribution in [0.2, 0.25) is 0 Å². The first-order valence-electron chi connectivity index (χ1n) is 4.80. The summed E-state index contributed by atoms with van der Waals surface area (Å²) < 4.78 is 0. The van der Waals surface area contributed by atoms with Crippen LogP contribution < -0.4 is 4.90 Å². The number of carbonyl (C=O) groups is 1. The molecule has 2 rings (SSSR count). The van der Waals surface area contributed by atoms with Gasteiger partial charge in [0.25, 0.3) is 5.69 Å². The number of anilines is 1. The molecule has 18 heavy (non-hydrogen) atoms. The van der Waals surface area contributed by atoms with Gasteiger partial charge in [-0.1, -0.05) is 11.8 Å². The zero-order valence-corrected chi connectivity index (χ0v) is 9.75. The number of nitriles is 1. The number of amidine groups is 1. The summed E-state index contributed by atoms with van der Waals surface area (Å²) in [5.41, 5.74) is 0.404. The zero-order chi connectivity index (χ0) is 13.1. The fourth-order valence-electron chi connectivity index (χ4n) is 1.46. The molecule has 0 aromatic heterocycles. The third-order valence-electron chi connectivity index (χ3n) is 2.23. The number of nitrogens with zero attached hydrogens (tertiary/aromatic N) is 4. The number of nitro benzene ring substituents is 1. The van der Waals surface area contributed by atoms with E-state index in [2.05, 4.69) is 4.99 Å². The third kappa shape index (κ3) is 2.16. The molecule has 1 amide bonds. The van der Waals surface area contributed by atoms with E-state index in [0.29, 0.717) is 5.69 Å². The monoisotopic (exact) mass is 262 g/mol. The molecule has 0 unspecified atom stereocenters. The number of aliphatic imine (C=N–C) groups is 1. The molecule has 7 nitrogen and oxygen atoms in total. The average Bonchev–Trinajstić information content (AvgIpc) is 2.71. The Kier molecular flexibility index (Phi) is 3.25. The number of amides is 1. The molecule has 0 bridgehead atoms. The second-order valence-electron chi connectivity index (χ2n) is 3.29. The summed E-state index contributed by atoms with van der Waals surface area (Å²) in [5, 5.41) is 19.3. The van der Waals surface area contributed by atoms with Gasteiger partial charge in [0.05, 0.1) is 16.4 Å². The molecule has 0 atom stereocenters. The number of hydrogen-bond acceptors (Lipinski definition) is 6. The van der Waals surface area contributed by atoms with E-state index in [1.54, 1.807) is 6.19 Å². The number of carbonyl (C=O) groups excluding carboxylic acids is 1. The summed E-state index contributed by atoms with van der Waals surface area (Å²) in [6.07, 6.45) is 1.62. The van der Waals surface area contributed by atoms with Gasteiger partial charge in [-0.25, -0.2) is 0 Å². The van der Waals surface area contributed by atoms with Crippen molar-refractivity contribution in [3.63, 3.8) is 0 Å². The van der Waals surface area contributed by atoms with E-state index in [4.69, 9.17) is 5.26 Å². The first-order chi connectivity index (χ1) is 8.63. The molecule has 1 fully saturated rings. The summed E-state index contributed by atoms with van der Waals surface area (Å²) >= 11 is 1.16. The number of nitro groups is 1. The standard InChI is InChI=1S/C10H6N4O3S/c11-6-12-10-13(9(15)5-18-10)7-1-3-8(4-2-7)14(16)17/h1-4H,5H2. The number of thioether (sulfide) groups is 1. The number of hydrogen-bond donors (Lipinski definition) is 0. The van der Waals surface area contributed by atoms with Gasteiger partial charge in [-0.15, -0.1) is 4.99 Å². The first-order valence-corrected chi connectivity index (χ1v) is 5.79. The highest BCUT2D eigenvalue weighted by Gasteiger charge is 2.29. The predicted molar refractivity (Wildman–Crippen MR) is 66.1 cm³/mol. The molecule has 90 valence electrons. The Bertz CT molecular complexity index is 576. The van der Waals surface area contributed by atoms with Crippen LogP contribution in [0.15, 0.2) is 29.3 Å². The molecular weight excluding hydrogens is 256 g/mol. The normalized spacial score (nSPS) is 16.9. The minimum atomic E-state index is -0.519. The van der Waals surface area contributed by atoms with Crippen molar-refractivity contribution in [1.82, 2.24) is 0 Å². The van der Waals surface area contributed by atoms with E-state index in [-0.39, 0.29) is 22.5 Å². The molecule has 1 heterocycles. The Morgan fingerprint density at radius 1 is 1.44 bits per heavy atom. The Morgan fingerprint density at radius 3 is 2.67 bits per heavy atom. The molecule has 1 aromatic rings. The zero-order valence-electron chi connectivity index (χ0n) is 8.94. The summed E-state index contributed by atoms with van der Waals surface area (Å²) in [5.74, 6) is 0.000162. The number of rotatable bonds is 2. The molecule has 1 aliphatic heterocycles. The molecule has 0 saturated carbocycles. The van der Waals surface area contributed by atoms with E-state index in [1.807, 2.05) is 0 Å². The van der Waals surface area contributed by atoms with Crippen molar-refractivity contribution in [1.29, 1.82) is 5.26 Å². The Morgan fingerprint density at radius 2 is 2.11 bits per heavy atom. The van der Waals surface area contributed by atoms with Crippen LogP contribution in [0, 0.1) is 21.6 Å².